The SMILES string of the molecule is Cc1ccccc1OCc1nnc(SCC(=O)OC(C)C)n1C. The van der Waals surface area contributed by atoms with Gasteiger partial charge in [0.25, 0.3) is 0 Å². The molecule has 0 saturated heterocycles. The average Bonchev–Trinajstić information content (AvgIpc) is 2.84. The largest absolute Gasteiger partial charge is 0.485 e. The Morgan fingerprint density at radius 3 is 2.74 bits per heavy atom. The van der Waals surface area contributed by atoms with Gasteiger partial charge < -0.3 is 14.0 Å². The fourth-order valence-corrected chi connectivity index (χ4v) is 2.59. The quantitative estimate of drug-likeness (QED) is 0.572. The van der Waals surface area contributed by atoms with E-state index in [1.165, 1.54) is 11.8 Å². The van der Waals surface area contributed by atoms with Gasteiger partial charge in [-0.05, 0) is 32.4 Å². The molecule has 0 bridgehead atoms. The van der Waals surface area contributed by atoms with Crippen LogP contribution in [0.4, 0.5) is 0 Å². The first-order valence-electron chi connectivity index (χ1n) is 7.36. The van der Waals surface area contributed by atoms with Crippen LogP contribution in [0, 0.1) is 6.92 Å². The number of benzene rings is 1. The Kier molecular flexibility index (Phi) is 6.04. The summed E-state index contributed by atoms with van der Waals surface area (Å²) in [5.41, 5.74) is 1.07. The topological polar surface area (TPSA) is 66.2 Å². The number of esters is 1. The third-order valence-corrected chi connectivity index (χ3v) is 4.06. The molecule has 0 N–H and O–H groups in total. The lowest BCUT2D eigenvalue weighted by Crippen LogP contribution is -2.13. The summed E-state index contributed by atoms with van der Waals surface area (Å²) in [6.45, 7) is 5.97. The fraction of sp³-hybridized carbons (Fsp3) is 0.438. The van der Waals surface area contributed by atoms with Crippen LogP contribution in [0.1, 0.15) is 25.2 Å². The Balaban J connectivity index is 1.91. The van der Waals surface area contributed by atoms with Crippen LogP contribution in [-0.4, -0.2) is 32.6 Å². The molecule has 1 aromatic carbocycles. The Morgan fingerprint density at radius 1 is 1.30 bits per heavy atom. The van der Waals surface area contributed by atoms with Gasteiger partial charge in [0.2, 0.25) is 0 Å². The van der Waals surface area contributed by atoms with Crippen LogP contribution in [0.3, 0.4) is 0 Å². The minimum atomic E-state index is -0.259. The van der Waals surface area contributed by atoms with Crippen LogP contribution in [-0.2, 0) is 23.2 Å². The molecule has 2 rings (SSSR count). The molecular weight excluding hydrogens is 314 g/mol. The molecule has 0 fully saturated rings. The summed E-state index contributed by atoms with van der Waals surface area (Å²) >= 11 is 1.30. The zero-order chi connectivity index (χ0) is 16.8. The van der Waals surface area contributed by atoms with E-state index in [1.807, 2.05) is 56.7 Å². The van der Waals surface area contributed by atoms with E-state index in [9.17, 15) is 4.79 Å². The summed E-state index contributed by atoms with van der Waals surface area (Å²) in [6, 6.07) is 7.81. The molecule has 1 heterocycles. The Morgan fingerprint density at radius 2 is 2.04 bits per heavy atom. The van der Waals surface area contributed by atoms with Gasteiger partial charge in [-0.2, -0.15) is 0 Å². The Bertz CT molecular complexity index is 670. The van der Waals surface area contributed by atoms with E-state index in [1.54, 1.807) is 0 Å². The van der Waals surface area contributed by atoms with Crippen molar-refractivity contribution in [2.45, 2.75) is 38.6 Å². The highest BCUT2D eigenvalue weighted by Gasteiger charge is 2.13. The zero-order valence-corrected chi connectivity index (χ0v) is 14.6. The number of rotatable bonds is 7. The van der Waals surface area contributed by atoms with Crippen molar-refractivity contribution in [2.24, 2.45) is 7.05 Å². The van der Waals surface area contributed by atoms with E-state index < -0.39 is 0 Å². The van der Waals surface area contributed by atoms with Crippen molar-refractivity contribution in [1.29, 1.82) is 0 Å². The summed E-state index contributed by atoms with van der Waals surface area (Å²) in [5, 5.41) is 8.87. The van der Waals surface area contributed by atoms with E-state index in [0.717, 1.165) is 11.3 Å². The van der Waals surface area contributed by atoms with Crippen molar-refractivity contribution in [1.82, 2.24) is 14.8 Å². The van der Waals surface area contributed by atoms with E-state index >= 15 is 0 Å². The molecule has 124 valence electrons. The number of hydrogen-bond donors (Lipinski definition) is 0. The summed E-state index contributed by atoms with van der Waals surface area (Å²) in [6.07, 6.45) is -0.110. The highest BCUT2D eigenvalue weighted by molar-refractivity contribution is 7.99. The van der Waals surface area contributed by atoms with Gasteiger partial charge in [-0.25, -0.2) is 0 Å². The number of thioether (sulfide) groups is 1. The van der Waals surface area contributed by atoms with Crippen molar-refractivity contribution in [2.75, 3.05) is 5.75 Å². The smallest absolute Gasteiger partial charge is 0.316 e. The van der Waals surface area contributed by atoms with Crippen LogP contribution in [0.25, 0.3) is 0 Å². The van der Waals surface area contributed by atoms with E-state index in [0.29, 0.717) is 17.6 Å². The molecule has 2 aromatic rings. The van der Waals surface area contributed by atoms with Crippen molar-refractivity contribution in [3.8, 4) is 5.75 Å². The number of hydrogen-bond acceptors (Lipinski definition) is 6. The molecule has 6 nitrogen and oxygen atoms in total. The first kappa shape index (κ1) is 17.3. The van der Waals surface area contributed by atoms with Crippen LogP contribution < -0.4 is 4.74 Å². The number of ether oxygens (including phenoxy) is 2. The van der Waals surface area contributed by atoms with Gasteiger partial charge in [0.1, 0.15) is 12.4 Å². The maximum atomic E-state index is 11.6. The highest BCUT2D eigenvalue weighted by Crippen LogP contribution is 2.19. The second-order valence-corrected chi connectivity index (χ2v) is 6.28. The molecule has 0 unspecified atom stereocenters. The molecule has 0 spiro atoms. The Hall–Kier alpha value is -2.02. The first-order valence-corrected chi connectivity index (χ1v) is 8.35. The van der Waals surface area contributed by atoms with Crippen molar-refractivity contribution in [3.63, 3.8) is 0 Å². The highest BCUT2D eigenvalue weighted by atomic mass is 32.2. The van der Waals surface area contributed by atoms with Gasteiger partial charge in [0.05, 0.1) is 11.9 Å². The predicted molar refractivity (Wildman–Crippen MR) is 88.5 cm³/mol. The van der Waals surface area contributed by atoms with Gasteiger partial charge in [0, 0.05) is 7.05 Å². The minimum absolute atomic E-state index is 0.110. The number of nitrogens with zero attached hydrogens (tertiary/aromatic N) is 3. The van der Waals surface area contributed by atoms with Gasteiger partial charge in [-0.1, -0.05) is 30.0 Å². The predicted octanol–water partition coefficient (Wildman–Crippen LogP) is 2.75. The standard InChI is InChI=1S/C16H21N3O3S/c1-11(2)22-15(20)10-23-16-18-17-14(19(16)4)9-21-13-8-6-5-7-12(13)3/h5-8,11H,9-10H2,1-4H3. The molecule has 0 radical (unpaired) electrons. The van der Waals surface area contributed by atoms with Crippen molar-refractivity contribution >= 4 is 17.7 Å². The summed E-state index contributed by atoms with van der Waals surface area (Å²) in [7, 11) is 1.85. The molecule has 0 amide bonds. The molecular formula is C16H21N3O3S. The molecule has 0 aliphatic carbocycles. The molecule has 1 aromatic heterocycles. The van der Waals surface area contributed by atoms with Crippen molar-refractivity contribution < 1.29 is 14.3 Å². The van der Waals surface area contributed by atoms with E-state index in [4.69, 9.17) is 9.47 Å². The average molecular weight is 335 g/mol. The van der Waals surface area contributed by atoms with Crippen molar-refractivity contribution in [3.05, 3.63) is 35.7 Å². The second-order valence-electron chi connectivity index (χ2n) is 5.34. The van der Waals surface area contributed by atoms with Gasteiger partial charge in [0.15, 0.2) is 11.0 Å². The van der Waals surface area contributed by atoms with Crippen LogP contribution in [0.5, 0.6) is 5.75 Å². The van der Waals surface area contributed by atoms with Gasteiger partial charge in [-0.3, -0.25) is 4.79 Å². The summed E-state index contributed by atoms with van der Waals surface area (Å²) < 4.78 is 12.7. The molecule has 0 atom stereocenters. The van der Waals surface area contributed by atoms with E-state index in [2.05, 4.69) is 10.2 Å². The number of aromatic nitrogens is 3. The van der Waals surface area contributed by atoms with Gasteiger partial charge >= 0.3 is 5.97 Å². The van der Waals surface area contributed by atoms with Gasteiger partial charge in [-0.15, -0.1) is 10.2 Å². The number of carbonyl (C=O) groups excluding carboxylic acids is 1. The zero-order valence-electron chi connectivity index (χ0n) is 13.8. The van der Waals surface area contributed by atoms with E-state index in [-0.39, 0.29) is 17.8 Å². The van der Waals surface area contributed by atoms with Crippen LogP contribution in [0.15, 0.2) is 29.4 Å². The number of para-hydroxylation sites is 1. The maximum absolute atomic E-state index is 11.6. The normalized spacial score (nSPS) is 10.8. The lowest BCUT2D eigenvalue weighted by atomic mass is 10.2. The molecule has 23 heavy (non-hydrogen) atoms. The van der Waals surface area contributed by atoms with Crippen LogP contribution in [0.2, 0.25) is 0 Å². The lowest BCUT2D eigenvalue weighted by Gasteiger charge is -2.09. The molecule has 7 heteroatoms. The third kappa shape index (κ3) is 4.99. The molecule has 0 aliphatic rings. The monoisotopic (exact) mass is 335 g/mol. The second kappa shape index (κ2) is 8.01. The Labute approximate surface area is 140 Å². The maximum Gasteiger partial charge on any atom is 0.316 e. The first-order chi connectivity index (χ1) is 11.0. The molecule has 0 aliphatic heterocycles. The number of aryl methyl sites for hydroxylation is 1. The van der Waals surface area contributed by atoms with Crippen LogP contribution >= 0.6 is 11.8 Å². The lowest BCUT2D eigenvalue weighted by molar-refractivity contribution is -0.144. The summed E-state index contributed by atoms with van der Waals surface area (Å²) in [4.78, 5) is 11.6. The molecule has 0 saturated carbocycles. The summed E-state index contributed by atoms with van der Waals surface area (Å²) in [5.74, 6) is 1.48. The minimum Gasteiger partial charge on any atom is -0.485 e. The number of carbonyl (C=O) groups is 1. The fourth-order valence-electron chi connectivity index (χ4n) is 1.88. The third-order valence-electron chi connectivity index (χ3n) is 3.06.